The first kappa shape index (κ1) is 11.4. The molecule has 0 bridgehead atoms. The van der Waals surface area contributed by atoms with Crippen molar-refractivity contribution in [1.29, 1.82) is 0 Å². The number of carbonyl (C=O) groups is 2. The molecule has 4 heteroatoms. The molecule has 1 N–H and O–H groups in total. The molecular weight excluding hydrogens is 204 g/mol. The van der Waals surface area contributed by atoms with Crippen LogP contribution < -0.4 is 5.32 Å². The average molecular weight is 224 g/mol. The number of hydrogen-bond donors (Lipinski definition) is 1. The molecule has 1 spiro atoms. The van der Waals surface area contributed by atoms with Gasteiger partial charge in [-0.05, 0) is 38.0 Å². The Kier molecular flexibility index (Phi) is 2.91. The Morgan fingerprint density at radius 1 is 1.38 bits per heavy atom. The van der Waals surface area contributed by atoms with E-state index in [1.54, 1.807) is 0 Å². The van der Waals surface area contributed by atoms with Gasteiger partial charge in [0, 0.05) is 6.54 Å². The molecule has 1 aliphatic heterocycles. The van der Waals surface area contributed by atoms with Crippen molar-refractivity contribution >= 4 is 11.9 Å². The summed E-state index contributed by atoms with van der Waals surface area (Å²) in [6.07, 6.45) is 4.50. The van der Waals surface area contributed by atoms with Crippen molar-refractivity contribution in [2.75, 3.05) is 6.54 Å². The lowest BCUT2D eigenvalue weighted by Crippen LogP contribution is -2.49. The first-order valence-corrected chi connectivity index (χ1v) is 6.23. The van der Waals surface area contributed by atoms with Gasteiger partial charge >= 0.3 is 6.03 Å². The summed E-state index contributed by atoms with van der Waals surface area (Å²) in [5.74, 6) is 0.682. The second kappa shape index (κ2) is 4.07. The van der Waals surface area contributed by atoms with E-state index in [9.17, 15) is 9.59 Å². The van der Waals surface area contributed by atoms with Crippen molar-refractivity contribution in [2.24, 2.45) is 5.92 Å². The maximum Gasteiger partial charge on any atom is 0.325 e. The van der Waals surface area contributed by atoms with Gasteiger partial charge in [-0.1, -0.05) is 13.8 Å². The van der Waals surface area contributed by atoms with E-state index in [-0.39, 0.29) is 11.9 Å². The van der Waals surface area contributed by atoms with Crippen molar-refractivity contribution < 1.29 is 9.59 Å². The highest BCUT2D eigenvalue weighted by Crippen LogP contribution is 2.36. The van der Waals surface area contributed by atoms with Crippen LogP contribution in [0.5, 0.6) is 0 Å². The largest absolute Gasteiger partial charge is 0.325 e. The molecule has 2 rings (SSSR count). The molecule has 4 nitrogen and oxygen atoms in total. The van der Waals surface area contributed by atoms with Gasteiger partial charge in [-0.25, -0.2) is 4.79 Å². The molecule has 3 amide bonds. The maximum atomic E-state index is 12.2. The predicted octanol–water partition coefficient (Wildman–Crippen LogP) is 1.90. The van der Waals surface area contributed by atoms with Crippen molar-refractivity contribution in [2.45, 2.75) is 51.5 Å². The van der Waals surface area contributed by atoms with Crippen LogP contribution in [0.3, 0.4) is 0 Å². The highest BCUT2D eigenvalue weighted by molar-refractivity contribution is 6.07. The molecule has 16 heavy (non-hydrogen) atoms. The highest BCUT2D eigenvalue weighted by Gasteiger charge is 2.51. The summed E-state index contributed by atoms with van der Waals surface area (Å²) < 4.78 is 0. The Balaban J connectivity index is 2.13. The summed E-state index contributed by atoms with van der Waals surface area (Å²) in [6, 6.07) is -0.193. The monoisotopic (exact) mass is 224 g/mol. The number of urea groups is 1. The molecule has 0 aromatic heterocycles. The van der Waals surface area contributed by atoms with Gasteiger partial charge in [-0.2, -0.15) is 0 Å². The Bertz CT molecular complexity index is 306. The minimum Gasteiger partial charge on any atom is -0.323 e. The Morgan fingerprint density at radius 3 is 2.56 bits per heavy atom. The van der Waals surface area contributed by atoms with E-state index in [4.69, 9.17) is 0 Å². The number of carbonyl (C=O) groups excluding carboxylic acids is 2. The molecule has 1 heterocycles. The van der Waals surface area contributed by atoms with Gasteiger partial charge < -0.3 is 5.32 Å². The molecule has 90 valence electrons. The van der Waals surface area contributed by atoms with Crippen LogP contribution in [0.4, 0.5) is 4.79 Å². The number of rotatable bonds is 2. The van der Waals surface area contributed by atoms with E-state index in [0.29, 0.717) is 12.5 Å². The third kappa shape index (κ3) is 1.70. The fourth-order valence-corrected chi connectivity index (χ4v) is 2.70. The van der Waals surface area contributed by atoms with Crippen LogP contribution in [0.15, 0.2) is 0 Å². The first-order chi connectivity index (χ1) is 7.59. The van der Waals surface area contributed by atoms with Crippen LogP contribution in [0.2, 0.25) is 0 Å². The van der Waals surface area contributed by atoms with Gasteiger partial charge in [-0.3, -0.25) is 9.69 Å². The van der Waals surface area contributed by atoms with Crippen molar-refractivity contribution in [1.82, 2.24) is 10.2 Å². The molecule has 0 radical (unpaired) electrons. The minimum absolute atomic E-state index is 0.00579. The molecule has 1 saturated heterocycles. The van der Waals surface area contributed by atoms with E-state index in [1.807, 2.05) is 6.92 Å². The lowest BCUT2D eigenvalue weighted by Gasteiger charge is -2.33. The van der Waals surface area contributed by atoms with Gasteiger partial charge in [-0.15, -0.1) is 0 Å². The number of amides is 3. The second-order valence-corrected chi connectivity index (χ2v) is 5.15. The van der Waals surface area contributed by atoms with E-state index in [2.05, 4.69) is 12.2 Å². The van der Waals surface area contributed by atoms with E-state index in [0.717, 1.165) is 32.1 Å². The molecule has 1 aliphatic carbocycles. The summed E-state index contributed by atoms with van der Waals surface area (Å²) >= 11 is 0. The smallest absolute Gasteiger partial charge is 0.323 e. The molecule has 2 fully saturated rings. The zero-order chi connectivity index (χ0) is 11.8. The van der Waals surface area contributed by atoms with Gasteiger partial charge in [0.1, 0.15) is 5.54 Å². The van der Waals surface area contributed by atoms with Gasteiger partial charge in [0.2, 0.25) is 0 Å². The lowest BCUT2D eigenvalue weighted by atomic mass is 9.77. The van der Waals surface area contributed by atoms with Crippen molar-refractivity contribution in [3.05, 3.63) is 0 Å². The van der Waals surface area contributed by atoms with Crippen LogP contribution in [0, 0.1) is 5.92 Å². The van der Waals surface area contributed by atoms with Crippen LogP contribution in [0.1, 0.15) is 46.0 Å². The average Bonchev–Trinajstić information content (AvgIpc) is 2.49. The van der Waals surface area contributed by atoms with Crippen LogP contribution in [-0.4, -0.2) is 28.9 Å². The number of hydrogen-bond acceptors (Lipinski definition) is 2. The van der Waals surface area contributed by atoms with Crippen molar-refractivity contribution in [3.8, 4) is 0 Å². The van der Waals surface area contributed by atoms with Crippen LogP contribution in [-0.2, 0) is 4.79 Å². The summed E-state index contributed by atoms with van der Waals surface area (Å²) in [4.78, 5) is 25.3. The fourth-order valence-electron chi connectivity index (χ4n) is 2.70. The molecule has 2 aliphatic rings. The first-order valence-electron chi connectivity index (χ1n) is 6.23. The molecule has 0 aromatic carbocycles. The van der Waals surface area contributed by atoms with E-state index in [1.165, 1.54) is 4.90 Å². The van der Waals surface area contributed by atoms with Gasteiger partial charge in [0.05, 0.1) is 0 Å². The third-order valence-corrected chi connectivity index (χ3v) is 3.82. The van der Waals surface area contributed by atoms with Gasteiger partial charge in [0.15, 0.2) is 0 Å². The fraction of sp³-hybridized carbons (Fsp3) is 0.833. The molecule has 0 unspecified atom stereocenters. The number of nitrogens with zero attached hydrogens (tertiary/aromatic N) is 1. The highest BCUT2D eigenvalue weighted by atomic mass is 16.2. The summed E-state index contributed by atoms with van der Waals surface area (Å²) in [5.41, 5.74) is -0.557. The number of nitrogens with one attached hydrogen (secondary N) is 1. The zero-order valence-corrected chi connectivity index (χ0v) is 10.1. The molecule has 0 aromatic rings. The summed E-state index contributed by atoms with van der Waals surface area (Å²) in [5, 5.41) is 2.91. The maximum absolute atomic E-state index is 12.2. The zero-order valence-electron chi connectivity index (χ0n) is 10.1. The van der Waals surface area contributed by atoms with Crippen molar-refractivity contribution in [3.63, 3.8) is 0 Å². The normalized spacial score (nSPS) is 34.6. The summed E-state index contributed by atoms with van der Waals surface area (Å²) in [6.45, 7) is 4.73. The third-order valence-electron chi connectivity index (χ3n) is 3.82. The second-order valence-electron chi connectivity index (χ2n) is 5.15. The molecule has 1 saturated carbocycles. The van der Waals surface area contributed by atoms with Crippen LogP contribution >= 0.6 is 0 Å². The lowest BCUT2D eigenvalue weighted by molar-refractivity contribution is -0.132. The number of imide groups is 1. The van der Waals surface area contributed by atoms with E-state index >= 15 is 0 Å². The Morgan fingerprint density at radius 2 is 2.00 bits per heavy atom. The van der Waals surface area contributed by atoms with E-state index < -0.39 is 5.54 Å². The Labute approximate surface area is 96.4 Å². The quantitative estimate of drug-likeness (QED) is 0.728. The van der Waals surface area contributed by atoms with Crippen LogP contribution in [0.25, 0.3) is 0 Å². The molecule has 0 atom stereocenters. The SMILES string of the molecule is CCCN1C(=O)NC2(CCC(C)CC2)C1=O. The molecular formula is C12H20N2O2. The van der Waals surface area contributed by atoms with Gasteiger partial charge in [0.25, 0.3) is 5.91 Å². The Hall–Kier alpha value is -1.06. The summed E-state index contributed by atoms with van der Waals surface area (Å²) in [7, 11) is 0. The predicted molar refractivity (Wildman–Crippen MR) is 60.9 cm³/mol. The standard InChI is InChI=1S/C12H20N2O2/c1-3-8-14-10(15)12(13-11(14)16)6-4-9(2)5-7-12/h9H,3-8H2,1-2H3,(H,13,16). The topological polar surface area (TPSA) is 49.4 Å². The minimum atomic E-state index is -0.557.